The molecule has 0 amide bonds. The second kappa shape index (κ2) is 6.31. The SMILES string of the molecule is COc1ccc(C#N)cc1CN1CCSC(C)C1C. The zero-order valence-corrected chi connectivity index (χ0v) is 12.5. The zero-order valence-electron chi connectivity index (χ0n) is 11.7. The molecule has 1 heterocycles. The maximum absolute atomic E-state index is 9.02. The van der Waals surface area contributed by atoms with Gasteiger partial charge in [-0.25, -0.2) is 0 Å². The fraction of sp³-hybridized carbons (Fsp3) is 0.533. The topological polar surface area (TPSA) is 36.3 Å². The molecule has 19 heavy (non-hydrogen) atoms. The van der Waals surface area contributed by atoms with Crippen molar-refractivity contribution >= 4 is 11.8 Å². The van der Waals surface area contributed by atoms with Gasteiger partial charge in [0.05, 0.1) is 18.7 Å². The van der Waals surface area contributed by atoms with Crippen molar-refractivity contribution in [2.45, 2.75) is 31.7 Å². The van der Waals surface area contributed by atoms with E-state index in [4.69, 9.17) is 10.00 Å². The Morgan fingerprint density at radius 2 is 2.26 bits per heavy atom. The predicted octanol–water partition coefficient (Wildman–Crippen LogP) is 2.89. The van der Waals surface area contributed by atoms with Crippen LogP contribution in [0.5, 0.6) is 5.75 Å². The fourth-order valence-corrected chi connectivity index (χ4v) is 3.57. The summed E-state index contributed by atoms with van der Waals surface area (Å²) in [6.45, 7) is 6.50. The molecular formula is C15H20N2OS. The van der Waals surface area contributed by atoms with Gasteiger partial charge in [-0.15, -0.1) is 0 Å². The third kappa shape index (κ3) is 3.23. The Hall–Kier alpha value is -1.18. The van der Waals surface area contributed by atoms with Crippen molar-refractivity contribution in [3.05, 3.63) is 29.3 Å². The molecule has 3 nitrogen and oxygen atoms in total. The summed E-state index contributed by atoms with van der Waals surface area (Å²) >= 11 is 2.03. The van der Waals surface area contributed by atoms with E-state index in [1.54, 1.807) is 13.2 Å². The van der Waals surface area contributed by atoms with E-state index in [0.717, 1.165) is 24.4 Å². The van der Waals surface area contributed by atoms with Crippen LogP contribution >= 0.6 is 11.8 Å². The average molecular weight is 276 g/mol. The molecule has 0 spiro atoms. The summed E-state index contributed by atoms with van der Waals surface area (Å²) in [5.74, 6) is 2.04. The first-order chi connectivity index (χ1) is 9.15. The van der Waals surface area contributed by atoms with Crippen molar-refractivity contribution in [1.29, 1.82) is 5.26 Å². The fourth-order valence-electron chi connectivity index (χ4n) is 2.41. The van der Waals surface area contributed by atoms with Crippen LogP contribution in [0.25, 0.3) is 0 Å². The molecule has 0 aromatic heterocycles. The molecule has 2 rings (SSSR count). The summed E-state index contributed by atoms with van der Waals surface area (Å²) in [6, 6.07) is 8.39. The van der Waals surface area contributed by atoms with Crippen LogP contribution in [0, 0.1) is 11.3 Å². The van der Waals surface area contributed by atoms with Crippen molar-refractivity contribution in [3.8, 4) is 11.8 Å². The number of rotatable bonds is 3. The van der Waals surface area contributed by atoms with Gasteiger partial charge < -0.3 is 4.74 Å². The van der Waals surface area contributed by atoms with Crippen molar-refractivity contribution < 1.29 is 4.74 Å². The predicted molar refractivity (Wildman–Crippen MR) is 79.5 cm³/mol. The molecule has 1 saturated heterocycles. The molecule has 4 heteroatoms. The van der Waals surface area contributed by atoms with Crippen LogP contribution in [0.2, 0.25) is 0 Å². The quantitative estimate of drug-likeness (QED) is 0.850. The van der Waals surface area contributed by atoms with Crippen molar-refractivity contribution in [3.63, 3.8) is 0 Å². The Bertz CT molecular complexity index is 484. The van der Waals surface area contributed by atoms with E-state index in [-0.39, 0.29) is 0 Å². The Labute approximate surface area is 119 Å². The number of methoxy groups -OCH3 is 1. The molecule has 0 saturated carbocycles. The molecule has 1 aromatic carbocycles. The van der Waals surface area contributed by atoms with Gasteiger partial charge >= 0.3 is 0 Å². The van der Waals surface area contributed by atoms with Crippen LogP contribution in [0.15, 0.2) is 18.2 Å². The lowest BCUT2D eigenvalue weighted by Crippen LogP contribution is -2.44. The minimum atomic E-state index is 0.550. The third-order valence-corrected chi connectivity index (χ3v) is 5.14. The number of hydrogen-bond acceptors (Lipinski definition) is 4. The summed E-state index contributed by atoms with van der Waals surface area (Å²) in [7, 11) is 1.68. The van der Waals surface area contributed by atoms with Gasteiger partial charge in [0.1, 0.15) is 5.75 Å². The van der Waals surface area contributed by atoms with Gasteiger partial charge in [0.15, 0.2) is 0 Å². The molecule has 2 atom stereocenters. The molecule has 1 aromatic rings. The second-order valence-electron chi connectivity index (χ2n) is 4.93. The lowest BCUT2D eigenvalue weighted by atomic mass is 10.1. The number of nitriles is 1. The van der Waals surface area contributed by atoms with Gasteiger partial charge in [0.2, 0.25) is 0 Å². The van der Waals surface area contributed by atoms with Gasteiger partial charge in [-0.2, -0.15) is 17.0 Å². The molecule has 0 N–H and O–H groups in total. The van der Waals surface area contributed by atoms with Crippen molar-refractivity contribution in [2.75, 3.05) is 19.4 Å². The smallest absolute Gasteiger partial charge is 0.123 e. The van der Waals surface area contributed by atoms with E-state index in [1.165, 1.54) is 5.75 Å². The second-order valence-corrected chi connectivity index (χ2v) is 6.41. The third-order valence-electron chi connectivity index (χ3n) is 3.80. The Morgan fingerprint density at radius 3 is 2.95 bits per heavy atom. The summed E-state index contributed by atoms with van der Waals surface area (Å²) in [6.07, 6.45) is 0. The summed E-state index contributed by atoms with van der Waals surface area (Å²) in [5.41, 5.74) is 1.80. The highest BCUT2D eigenvalue weighted by atomic mass is 32.2. The van der Waals surface area contributed by atoms with Gasteiger partial charge in [0, 0.05) is 35.7 Å². The standard InChI is InChI=1S/C15H20N2OS/c1-11-12(2)19-7-6-17(11)10-14-8-13(9-16)4-5-15(14)18-3/h4-5,8,11-12H,6-7,10H2,1-3H3. The highest BCUT2D eigenvalue weighted by Gasteiger charge is 2.25. The molecular weight excluding hydrogens is 256 g/mol. The van der Waals surface area contributed by atoms with E-state index in [0.29, 0.717) is 16.9 Å². The lowest BCUT2D eigenvalue weighted by molar-refractivity contribution is 0.202. The largest absolute Gasteiger partial charge is 0.496 e. The highest BCUT2D eigenvalue weighted by Crippen LogP contribution is 2.28. The number of nitrogens with zero attached hydrogens (tertiary/aromatic N) is 2. The van der Waals surface area contributed by atoms with Crippen LogP contribution < -0.4 is 4.74 Å². The first-order valence-electron chi connectivity index (χ1n) is 6.58. The minimum Gasteiger partial charge on any atom is -0.496 e. The van der Waals surface area contributed by atoms with Gasteiger partial charge in [-0.05, 0) is 25.1 Å². The maximum atomic E-state index is 9.02. The number of benzene rings is 1. The molecule has 0 bridgehead atoms. The number of hydrogen-bond donors (Lipinski definition) is 0. The summed E-state index contributed by atoms with van der Waals surface area (Å²) in [5, 5.41) is 9.67. The monoisotopic (exact) mass is 276 g/mol. The Morgan fingerprint density at radius 1 is 1.47 bits per heavy atom. The normalized spacial score (nSPS) is 23.9. The van der Waals surface area contributed by atoms with Crippen LogP contribution in [0.4, 0.5) is 0 Å². The van der Waals surface area contributed by atoms with Gasteiger partial charge in [-0.3, -0.25) is 4.90 Å². The summed E-state index contributed by atoms with van der Waals surface area (Å²) < 4.78 is 5.41. The van der Waals surface area contributed by atoms with Crippen LogP contribution in [-0.4, -0.2) is 35.6 Å². The van der Waals surface area contributed by atoms with E-state index >= 15 is 0 Å². The molecule has 0 aliphatic carbocycles. The molecule has 1 aliphatic heterocycles. The van der Waals surface area contributed by atoms with Crippen molar-refractivity contribution in [1.82, 2.24) is 4.90 Å². The highest BCUT2D eigenvalue weighted by molar-refractivity contribution is 8.00. The average Bonchev–Trinajstić information content (AvgIpc) is 2.43. The first-order valence-corrected chi connectivity index (χ1v) is 7.63. The Kier molecular flexibility index (Phi) is 4.73. The molecule has 2 unspecified atom stereocenters. The van der Waals surface area contributed by atoms with Gasteiger partial charge in [0.25, 0.3) is 0 Å². The van der Waals surface area contributed by atoms with Crippen LogP contribution in [-0.2, 0) is 6.54 Å². The van der Waals surface area contributed by atoms with Crippen molar-refractivity contribution in [2.24, 2.45) is 0 Å². The lowest BCUT2D eigenvalue weighted by Gasteiger charge is -2.37. The van der Waals surface area contributed by atoms with Gasteiger partial charge in [-0.1, -0.05) is 6.92 Å². The Balaban J connectivity index is 2.20. The first kappa shape index (κ1) is 14.2. The minimum absolute atomic E-state index is 0.550. The van der Waals surface area contributed by atoms with E-state index in [9.17, 15) is 0 Å². The van der Waals surface area contributed by atoms with E-state index in [2.05, 4.69) is 24.8 Å². The van der Waals surface area contributed by atoms with E-state index < -0.39 is 0 Å². The zero-order chi connectivity index (χ0) is 13.8. The van der Waals surface area contributed by atoms with Crippen LogP contribution in [0.3, 0.4) is 0 Å². The maximum Gasteiger partial charge on any atom is 0.123 e. The number of ether oxygens (including phenoxy) is 1. The molecule has 1 fully saturated rings. The van der Waals surface area contributed by atoms with E-state index in [1.807, 2.05) is 23.9 Å². The van der Waals surface area contributed by atoms with Crippen LogP contribution in [0.1, 0.15) is 25.0 Å². The summed E-state index contributed by atoms with van der Waals surface area (Å²) in [4.78, 5) is 2.47. The molecule has 102 valence electrons. The number of thioether (sulfide) groups is 1. The molecule has 1 aliphatic rings. The molecule has 0 radical (unpaired) electrons.